The summed E-state index contributed by atoms with van der Waals surface area (Å²) < 4.78 is 12.9. The predicted octanol–water partition coefficient (Wildman–Crippen LogP) is 4.71. The van der Waals surface area contributed by atoms with Gasteiger partial charge in [-0.05, 0) is 31.0 Å². The van der Waals surface area contributed by atoms with Crippen molar-refractivity contribution in [1.29, 1.82) is 0 Å². The van der Waals surface area contributed by atoms with E-state index >= 15 is 0 Å². The highest BCUT2D eigenvalue weighted by molar-refractivity contribution is 6.32. The van der Waals surface area contributed by atoms with E-state index < -0.39 is 0 Å². The van der Waals surface area contributed by atoms with Gasteiger partial charge in [-0.15, -0.1) is 0 Å². The van der Waals surface area contributed by atoms with Gasteiger partial charge in [0.2, 0.25) is 0 Å². The number of nitrogens with one attached hydrogen (secondary N) is 1. The molecule has 6 nitrogen and oxygen atoms in total. The number of hydrogen-bond acceptors (Lipinski definition) is 3. The van der Waals surface area contributed by atoms with Gasteiger partial charge in [-0.1, -0.05) is 25.4 Å². The summed E-state index contributed by atoms with van der Waals surface area (Å²) in [5.41, 5.74) is 2.91. The van der Waals surface area contributed by atoms with Gasteiger partial charge in [0.05, 0.1) is 31.0 Å². The zero-order chi connectivity index (χ0) is 19.7. The van der Waals surface area contributed by atoms with Crippen molar-refractivity contribution in [1.82, 2.24) is 9.47 Å². The summed E-state index contributed by atoms with van der Waals surface area (Å²) in [6, 6.07) is 7.38. The van der Waals surface area contributed by atoms with Gasteiger partial charge in [-0.3, -0.25) is 0 Å². The lowest BCUT2D eigenvalue weighted by Crippen LogP contribution is -2.46. The van der Waals surface area contributed by atoms with Crippen LogP contribution in [0.5, 0.6) is 11.5 Å². The maximum Gasteiger partial charge on any atom is 0.322 e. The highest BCUT2D eigenvalue weighted by Gasteiger charge is 2.34. The summed E-state index contributed by atoms with van der Waals surface area (Å²) in [6.07, 6.45) is 0. The molecule has 1 N–H and O–H groups in total. The molecule has 2 aromatic rings. The molecular formula is C20H26ClN3O3. The number of aromatic nitrogens is 1. The summed E-state index contributed by atoms with van der Waals surface area (Å²) in [4.78, 5) is 15.0. The van der Waals surface area contributed by atoms with E-state index in [1.165, 1.54) is 18.5 Å². The molecule has 2 amide bonds. The van der Waals surface area contributed by atoms with Crippen LogP contribution in [0, 0.1) is 12.8 Å². The zero-order valence-electron chi connectivity index (χ0n) is 16.4. The molecule has 0 spiro atoms. The second kappa shape index (κ2) is 7.72. The summed E-state index contributed by atoms with van der Waals surface area (Å²) in [5, 5.41) is 3.37. The number of ether oxygens (including phenoxy) is 2. The van der Waals surface area contributed by atoms with E-state index in [0.29, 0.717) is 28.8 Å². The van der Waals surface area contributed by atoms with Crippen LogP contribution >= 0.6 is 11.6 Å². The van der Waals surface area contributed by atoms with Gasteiger partial charge >= 0.3 is 6.03 Å². The van der Waals surface area contributed by atoms with E-state index in [4.69, 9.17) is 21.1 Å². The second-order valence-corrected chi connectivity index (χ2v) is 7.46. The minimum absolute atomic E-state index is 0.00663. The lowest BCUT2D eigenvalue weighted by molar-refractivity contribution is 0.143. The zero-order valence-corrected chi connectivity index (χ0v) is 17.1. The molecule has 27 heavy (non-hydrogen) atoms. The number of carbonyl (C=O) groups excluding carboxylic acids is 1. The maximum absolute atomic E-state index is 13.1. The molecule has 1 atom stereocenters. The number of aryl methyl sites for hydroxylation is 1. The number of urea groups is 1. The summed E-state index contributed by atoms with van der Waals surface area (Å²) in [6.45, 7) is 7.79. The minimum atomic E-state index is -0.168. The van der Waals surface area contributed by atoms with Gasteiger partial charge in [0.15, 0.2) is 0 Å². The predicted molar refractivity (Wildman–Crippen MR) is 107 cm³/mol. The average Bonchev–Trinajstić information content (AvgIpc) is 3.02. The fourth-order valence-corrected chi connectivity index (χ4v) is 3.97. The van der Waals surface area contributed by atoms with Gasteiger partial charge in [0, 0.05) is 30.5 Å². The van der Waals surface area contributed by atoms with Crippen molar-refractivity contribution < 1.29 is 14.3 Å². The normalized spacial score (nSPS) is 16.3. The Morgan fingerprint density at radius 2 is 1.89 bits per heavy atom. The Balaban J connectivity index is 1.89. The molecule has 0 saturated carbocycles. The number of amides is 2. The van der Waals surface area contributed by atoms with Crippen LogP contribution in [0.4, 0.5) is 10.5 Å². The van der Waals surface area contributed by atoms with Gasteiger partial charge < -0.3 is 24.3 Å². The van der Waals surface area contributed by atoms with E-state index in [-0.39, 0.29) is 18.0 Å². The molecule has 0 saturated heterocycles. The maximum atomic E-state index is 13.1. The molecule has 0 bridgehead atoms. The van der Waals surface area contributed by atoms with Crippen LogP contribution < -0.4 is 14.8 Å². The SMILES string of the molecule is COc1cc(OC)c(NC(=O)N2CCn3c(C)ccc3C2C(C)C)cc1Cl. The first-order chi connectivity index (χ1) is 12.9. The number of carbonyl (C=O) groups is 1. The molecule has 2 heterocycles. The number of rotatable bonds is 4. The molecule has 1 aliphatic rings. The topological polar surface area (TPSA) is 55.7 Å². The lowest BCUT2D eigenvalue weighted by Gasteiger charge is -2.39. The molecule has 0 fully saturated rings. The van der Waals surface area contributed by atoms with Gasteiger partial charge in [-0.2, -0.15) is 0 Å². The van der Waals surface area contributed by atoms with Crippen molar-refractivity contribution in [2.75, 3.05) is 26.1 Å². The van der Waals surface area contributed by atoms with Gasteiger partial charge in [0.1, 0.15) is 11.5 Å². The van der Waals surface area contributed by atoms with E-state index in [2.05, 4.69) is 42.8 Å². The number of fused-ring (bicyclic) bond motifs is 1. The Kier molecular flexibility index (Phi) is 5.56. The number of methoxy groups -OCH3 is 2. The van der Waals surface area contributed by atoms with Crippen molar-refractivity contribution in [3.05, 3.63) is 40.7 Å². The van der Waals surface area contributed by atoms with Crippen LogP contribution in [0.25, 0.3) is 0 Å². The van der Waals surface area contributed by atoms with E-state index in [1.807, 2.05) is 4.90 Å². The number of anilines is 1. The smallest absolute Gasteiger partial charge is 0.322 e. The summed E-state index contributed by atoms with van der Waals surface area (Å²) >= 11 is 6.23. The second-order valence-electron chi connectivity index (χ2n) is 7.05. The van der Waals surface area contributed by atoms with Crippen LogP contribution in [0.1, 0.15) is 31.3 Å². The molecule has 3 rings (SSSR count). The Morgan fingerprint density at radius 1 is 1.19 bits per heavy atom. The Labute approximate surface area is 165 Å². The number of nitrogens with zero attached hydrogens (tertiary/aromatic N) is 2. The third-order valence-electron chi connectivity index (χ3n) is 5.04. The molecule has 0 radical (unpaired) electrons. The molecule has 1 aliphatic heterocycles. The third-order valence-corrected chi connectivity index (χ3v) is 5.34. The van der Waals surface area contributed by atoms with Crippen molar-refractivity contribution in [2.45, 2.75) is 33.4 Å². The van der Waals surface area contributed by atoms with Gasteiger partial charge in [0.25, 0.3) is 0 Å². The Morgan fingerprint density at radius 3 is 2.52 bits per heavy atom. The van der Waals surface area contributed by atoms with Crippen molar-refractivity contribution >= 4 is 23.3 Å². The van der Waals surface area contributed by atoms with Crippen molar-refractivity contribution in [2.24, 2.45) is 5.92 Å². The molecule has 1 aromatic heterocycles. The Hall–Kier alpha value is -2.34. The largest absolute Gasteiger partial charge is 0.495 e. The number of halogens is 1. The molecule has 7 heteroatoms. The van der Waals surface area contributed by atoms with E-state index in [0.717, 1.165) is 6.54 Å². The van der Waals surface area contributed by atoms with Crippen LogP contribution in [0.3, 0.4) is 0 Å². The first-order valence-electron chi connectivity index (χ1n) is 9.02. The summed E-state index contributed by atoms with van der Waals surface area (Å²) in [5.74, 6) is 1.28. The fraction of sp³-hybridized carbons (Fsp3) is 0.450. The molecule has 0 aliphatic carbocycles. The number of hydrogen-bond donors (Lipinski definition) is 1. The van der Waals surface area contributed by atoms with Crippen LogP contribution in [0.15, 0.2) is 24.3 Å². The first kappa shape index (κ1) is 19.4. The van der Waals surface area contributed by atoms with E-state index in [1.54, 1.807) is 19.2 Å². The van der Waals surface area contributed by atoms with Crippen molar-refractivity contribution in [3.8, 4) is 11.5 Å². The van der Waals surface area contributed by atoms with Gasteiger partial charge in [-0.25, -0.2) is 4.79 Å². The lowest BCUT2D eigenvalue weighted by atomic mass is 9.97. The molecule has 1 aromatic carbocycles. The fourth-order valence-electron chi connectivity index (χ4n) is 3.73. The Bertz CT molecular complexity index is 847. The van der Waals surface area contributed by atoms with Crippen molar-refractivity contribution in [3.63, 3.8) is 0 Å². The van der Waals surface area contributed by atoms with Crippen LogP contribution in [-0.2, 0) is 6.54 Å². The van der Waals surface area contributed by atoms with Crippen LogP contribution in [-0.4, -0.2) is 36.3 Å². The highest BCUT2D eigenvalue weighted by Crippen LogP contribution is 2.38. The van der Waals surface area contributed by atoms with E-state index in [9.17, 15) is 4.79 Å². The standard InChI is InChI=1S/C20H26ClN3O3/c1-12(2)19-16-7-6-13(3)23(16)8-9-24(19)20(25)22-15-10-14(21)17(26-4)11-18(15)27-5/h6-7,10-12,19H,8-9H2,1-5H3,(H,22,25). The monoisotopic (exact) mass is 391 g/mol. The number of benzene rings is 1. The summed E-state index contributed by atoms with van der Waals surface area (Å²) in [7, 11) is 3.09. The molecular weight excluding hydrogens is 366 g/mol. The first-order valence-corrected chi connectivity index (χ1v) is 9.40. The molecule has 146 valence electrons. The quantitative estimate of drug-likeness (QED) is 0.820. The van der Waals surface area contributed by atoms with Crippen LogP contribution in [0.2, 0.25) is 5.02 Å². The minimum Gasteiger partial charge on any atom is -0.495 e. The molecule has 1 unspecified atom stereocenters. The third kappa shape index (κ3) is 3.58. The average molecular weight is 392 g/mol. The highest BCUT2D eigenvalue weighted by atomic mass is 35.5.